The molecule has 0 aliphatic rings. The molecule has 0 unspecified atom stereocenters. The minimum atomic E-state index is 0.0883. The van der Waals surface area contributed by atoms with Gasteiger partial charge in [0.05, 0.1) is 0 Å². The fraction of sp³-hybridized carbons (Fsp3) is 0.0588. The Kier molecular flexibility index (Phi) is 3.90. The first-order valence-electron chi connectivity index (χ1n) is 5.84. The number of rotatable bonds is 3. The van der Waals surface area contributed by atoms with Gasteiger partial charge in [0.15, 0.2) is 5.78 Å². The Hall–Kier alpha value is -2.37. The SMILES string of the molecule is CC(=O)c1ccc(C=C=Cc2ccccc2)cc1. The lowest BCUT2D eigenvalue weighted by molar-refractivity contribution is 0.101. The lowest BCUT2D eigenvalue weighted by atomic mass is 10.1. The second-order valence-electron chi connectivity index (χ2n) is 4.04. The molecular formula is C17H14O. The van der Waals surface area contributed by atoms with Gasteiger partial charge in [-0.3, -0.25) is 4.79 Å². The summed E-state index contributed by atoms with van der Waals surface area (Å²) in [5.74, 6) is 0.0883. The zero-order valence-corrected chi connectivity index (χ0v) is 10.3. The lowest BCUT2D eigenvalue weighted by Crippen LogP contribution is -1.90. The van der Waals surface area contributed by atoms with Crippen LogP contribution >= 0.6 is 0 Å². The molecule has 0 saturated carbocycles. The zero-order chi connectivity index (χ0) is 12.8. The molecule has 0 fully saturated rings. The molecule has 0 amide bonds. The molecule has 0 aliphatic carbocycles. The molecule has 2 aromatic rings. The van der Waals surface area contributed by atoms with E-state index in [4.69, 9.17) is 0 Å². The van der Waals surface area contributed by atoms with Crippen LogP contribution < -0.4 is 0 Å². The van der Waals surface area contributed by atoms with Gasteiger partial charge in [-0.15, -0.1) is 5.73 Å². The zero-order valence-electron chi connectivity index (χ0n) is 10.3. The van der Waals surface area contributed by atoms with Crippen LogP contribution in [0, 0.1) is 0 Å². The summed E-state index contributed by atoms with van der Waals surface area (Å²) in [5, 5.41) is 0. The largest absolute Gasteiger partial charge is 0.295 e. The van der Waals surface area contributed by atoms with Gasteiger partial charge in [-0.25, -0.2) is 0 Å². The van der Waals surface area contributed by atoms with Crippen molar-refractivity contribution in [2.24, 2.45) is 0 Å². The molecule has 1 nitrogen and oxygen atoms in total. The Morgan fingerprint density at radius 3 is 2.00 bits per heavy atom. The molecule has 0 saturated heterocycles. The fourth-order valence-corrected chi connectivity index (χ4v) is 1.60. The molecule has 0 heterocycles. The number of carbonyl (C=O) groups is 1. The number of hydrogen-bond donors (Lipinski definition) is 0. The van der Waals surface area contributed by atoms with E-state index in [9.17, 15) is 4.79 Å². The lowest BCUT2D eigenvalue weighted by Gasteiger charge is -1.95. The van der Waals surface area contributed by atoms with Crippen molar-refractivity contribution >= 4 is 17.9 Å². The van der Waals surface area contributed by atoms with Crippen molar-refractivity contribution in [3.8, 4) is 0 Å². The maximum atomic E-state index is 11.1. The van der Waals surface area contributed by atoms with Crippen LogP contribution in [0.15, 0.2) is 60.3 Å². The van der Waals surface area contributed by atoms with Gasteiger partial charge in [-0.2, -0.15) is 0 Å². The van der Waals surface area contributed by atoms with Crippen molar-refractivity contribution in [2.75, 3.05) is 0 Å². The van der Waals surface area contributed by atoms with Crippen molar-refractivity contribution < 1.29 is 4.79 Å². The summed E-state index contributed by atoms with van der Waals surface area (Å²) < 4.78 is 0. The summed E-state index contributed by atoms with van der Waals surface area (Å²) in [7, 11) is 0. The van der Waals surface area contributed by atoms with Gasteiger partial charge >= 0.3 is 0 Å². The Labute approximate surface area is 107 Å². The molecular weight excluding hydrogens is 220 g/mol. The van der Waals surface area contributed by atoms with Crippen LogP contribution in [-0.4, -0.2) is 5.78 Å². The van der Waals surface area contributed by atoms with Crippen LogP contribution in [0.2, 0.25) is 0 Å². The first-order valence-corrected chi connectivity index (χ1v) is 5.84. The molecule has 0 bridgehead atoms. The maximum absolute atomic E-state index is 11.1. The highest BCUT2D eigenvalue weighted by atomic mass is 16.1. The third-order valence-corrected chi connectivity index (χ3v) is 2.62. The fourth-order valence-electron chi connectivity index (χ4n) is 1.60. The van der Waals surface area contributed by atoms with Crippen LogP contribution in [0.1, 0.15) is 28.4 Å². The van der Waals surface area contributed by atoms with Gasteiger partial charge in [0.25, 0.3) is 0 Å². The third-order valence-electron chi connectivity index (χ3n) is 2.62. The Bertz CT molecular complexity index is 585. The minimum Gasteiger partial charge on any atom is -0.295 e. The molecule has 1 heteroatoms. The van der Waals surface area contributed by atoms with Crippen LogP contribution in [0.25, 0.3) is 12.2 Å². The Morgan fingerprint density at radius 1 is 0.889 bits per heavy atom. The van der Waals surface area contributed by atoms with Gasteiger partial charge < -0.3 is 0 Å². The predicted octanol–water partition coefficient (Wildman–Crippen LogP) is 4.21. The smallest absolute Gasteiger partial charge is 0.159 e. The quantitative estimate of drug-likeness (QED) is 0.574. The van der Waals surface area contributed by atoms with E-state index < -0.39 is 0 Å². The molecule has 2 rings (SSSR count). The summed E-state index contributed by atoms with van der Waals surface area (Å²) in [5.41, 5.74) is 6.02. The van der Waals surface area contributed by atoms with E-state index in [-0.39, 0.29) is 5.78 Å². The molecule has 88 valence electrons. The summed E-state index contributed by atoms with van der Waals surface area (Å²) in [4.78, 5) is 11.1. The van der Waals surface area contributed by atoms with E-state index >= 15 is 0 Å². The summed E-state index contributed by atoms with van der Waals surface area (Å²) in [6.45, 7) is 1.57. The molecule has 0 radical (unpaired) electrons. The third kappa shape index (κ3) is 3.31. The minimum absolute atomic E-state index is 0.0883. The molecule has 0 atom stereocenters. The number of hydrogen-bond acceptors (Lipinski definition) is 1. The van der Waals surface area contributed by atoms with E-state index in [2.05, 4.69) is 5.73 Å². The van der Waals surface area contributed by atoms with E-state index in [0.717, 1.165) is 16.7 Å². The van der Waals surface area contributed by atoms with Crippen molar-refractivity contribution in [1.82, 2.24) is 0 Å². The first-order chi connectivity index (χ1) is 8.75. The van der Waals surface area contributed by atoms with E-state index in [1.807, 2.05) is 66.7 Å². The topological polar surface area (TPSA) is 17.1 Å². The number of benzene rings is 2. The normalized spacial score (nSPS) is 9.39. The van der Waals surface area contributed by atoms with Crippen molar-refractivity contribution in [2.45, 2.75) is 6.92 Å². The molecule has 0 aliphatic heterocycles. The monoisotopic (exact) mass is 234 g/mol. The van der Waals surface area contributed by atoms with Crippen molar-refractivity contribution in [3.63, 3.8) is 0 Å². The second-order valence-corrected chi connectivity index (χ2v) is 4.04. The summed E-state index contributed by atoms with van der Waals surface area (Å²) in [6.07, 6.45) is 3.83. The highest BCUT2D eigenvalue weighted by molar-refractivity contribution is 5.94. The molecule has 2 aromatic carbocycles. The highest BCUT2D eigenvalue weighted by Crippen LogP contribution is 2.07. The predicted molar refractivity (Wildman–Crippen MR) is 75.3 cm³/mol. The maximum Gasteiger partial charge on any atom is 0.159 e. The van der Waals surface area contributed by atoms with Crippen LogP contribution in [0.4, 0.5) is 0 Å². The second kappa shape index (κ2) is 5.81. The van der Waals surface area contributed by atoms with Crippen molar-refractivity contribution in [1.29, 1.82) is 0 Å². The van der Waals surface area contributed by atoms with Crippen molar-refractivity contribution in [3.05, 3.63) is 77.0 Å². The Morgan fingerprint density at radius 2 is 1.44 bits per heavy atom. The van der Waals surface area contributed by atoms with E-state index in [1.165, 1.54) is 0 Å². The highest BCUT2D eigenvalue weighted by Gasteiger charge is 1.96. The van der Waals surface area contributed by atoms with Gasteiger partial charge in [0.2, 0.25) is 0 Å². The average molecular weight is 234 g/mol. The van der Waals surface area contributed by atoms with Gasteiger partial charge in [-0.1, -0.05) is 54.6 Å². The number of carbonyl (C=O) groups excluding carboxylic acids is 1. The molecule has 0 aromatic heterocycles. The van der Waals surface area contributed by atoms with Gasteiger partial charge in [-0.05, 0) is 30.2 Å². The van der Waals surface area contributed by atoms with E-state index in [0.29, 0.717) is 0 Å². The molecule has 0 N–H and O–H groups in total. The Balaban J connectivity index is 2.14. The summed E-state index contributed by atoms with van der Waals surface area (Å²) >= 11 is 0. The van der Waals surface area contributed by atoms with E-state index in [1.54, 1.807) is 6.92 Å². The number of Topliss-reactive ketones (excluding diaryl/α,β-unsaturated/α-hetero) is 1. The molecule has 18 heavy (non-hydrogen) atoms. The standard InChI is InChI=1S/C17H14O/c1-14(18)17-12-10-16(11-13-17)9-5-8-15-6-3-2-4-7-15/h2-4,6-13H,1H3. The van der Waals surface area contributed by atoms with Gasteiger partial charge in [0, 0.05) is 5.56 Å². The molecule has 0 spiro atoms. The number of ketones is 1. The van der Waals surface area contributed by atoms with Crippen LogP contribution in [-0.2, 0) is 0 Å². The van der Waals surface area contributed by atoms with Crippen LogP contribution in [0.5, 0.6) is 0 Å². The van der Waals surface area contributed by atoms with Gasteiger partial charge in [0.1, 0.15) is 0 Å². The first kappa shape index (κ1) is 12.1. The average Bonchev–Trinajstić information content (AvgIpc) is 2.40. The summed E-state index contributed by atoms with van der Waals surface area (Å²) in [6, 6.07) is 17.5. The van der Waals surface area contributed by atoms with Crippen LogP contribution in [0.3, 0.4) is 0 Å².